The van der Waals surface area contributed by atoms with Crippen LogP contribution in [0.5, 0.6) is 0 Å². The second-order valence-electron chi connectivity index (χ2n) is 3.40. The van der Waals surface area contributed by atoms with E-state index >= 15 is 0 Å². The summed E-state index contributed by atoms with van der Waals surface area (Å²) in [6.07, 6.45) is 1.39. The largest absolute Gasteiger partial charge is 0.364 e. The van der Waals surface area contributed by atoms with Crippen LogP contribution in [0.3, 0.4) is 0 Å². The Bertz CT molecular complexity index is 546. The first-order valence-electron chi connectivity index (χ1n) is 4.76. The van der Waals surface area contributed by atoms with Crippen LogP contribution >= 0.6 is 23.2 Å². The van der Waals surface area contributed by atoms with E-state index in [2.05, 4.69) is 15.0 Å². The second-order valence-corrected chi connectivity index (χ2v) is 4.21. The molecular weight excluding hydrogens is 263 g/mol. The van der Waals surface area contributed by atoms with E-state index in [1.165, 1.54) is 6.26 Å². The topological polar surface area (TPSA) is 55.1 Å². The van der Waals surface area contributed by atoms with Crippen LogP contribution in [0.1, 0.15) is 16.1 Å². The van der Waals surface area contributed by atoms with Gasteiger partial charge in [-0.05, 0) is 19.1 Å². The van der Waals surface area contributed by atoms with Crippen molar-refractivity contribution in [1.29, 1.82) is 0 Å². The molecule has 2 rings (SSSR count). The first-order valence-corrected chi connectivity index (χ1v) is 5.51. The summed E-state index contributed by atoms with van der Waals surface area (Å²) in [5.41, 5.74) is 1.22. The number of aryl methyl sites for hydroxylation is 1. The summed E-state index contributed by atoms with van der Waals surface area (Å²) in [6.45, 7) is 1.72. The minimum atomic E-state index is -0.411. The molecule has 0 aliphatic rings. The Kier molecular flexibility index (Phi) is 3.36. The third-order valence-corrected chi connectivity index (χ3v) is 2.79. The average molecular weight is 271 g/mol. The maximum Gasteiger partial charge on any atom is 0.278 e. The predicted molar refractivity (Wildman–Crippen MR) is 65.7 cm³/mol. The Hall–Kier alpha value is -1.52. The van der Waals surface area contributed by atoms with Crippen LogP contribution in [0.2, 0.25) is 10.0 Å². The van der Waals surface area contributed by atoms with Crippen LogP contribution in [-0.2, 0) is 0 Å². The Morgan fingerprint density at radius 1 is 1.35 bits per heavy atom. The third kappa shape index (κ3) is 2.43. The summed E-state index contributed by atoms with van der Waals surface area (Å²) in [5, 5.41) is 6.93. The minimum Gasteiger partial charge on any atom is -0.364 e. The van der Waals surface area contributed by atoms with Crippen LogP contribution in [0.25, 0.3) is 0 Å². The van der Waals surface area contributed by atoms with Gasteiger partial charge in [0.25, 0.3) is 5.91 Å². The molecule has 0 spiro atoms. The number of amides is 1. The zero-order valence-electron chi connectivity index (χ0n) is 8.83. The fourth-order valence-electron chi connectivity index (χ4n) is 1.30. The highest BCUT2D eigenvalue weighted by Gasteiger charge is 2.16. The molecule has 1 heterocycles. The Labute approximate surface area is 108 Å². The Balaban J connectivity index is 2.28. The van der Waals surface area contributed by atoms with Crippen LogP contribution in [0, 0.1) is 6.92 Å². The number of para-hydroxylation sites is 1. The number of carbonyl (C=O) groups is 1. The molecule has 0 bridgehead atoms. The van der Waals surface area contributed by atoms with Crippen molar-refractivity contribution in [1.82, 2.24) is 5.16 Å². The van der Waals surface area contributed by atoms with Gasteiger partial charge in [-0.1, -0.05) is 34.4 Å². The summed E-state index contributed by atoms with van der Waals surface area (Å²) in [6, 6.07) is 4.97. The summed E-state index contributed by atoms with van der Waals surface area (Å²) in [4.78, 5) is 11.8. The standard InChI is InChI=1S/C11H8Cl2N2O2/c1-6-5-17-15-9(6)11(16)14-10-7(12)3-2-4-8(10)13/h2-5H,1H3,(H,14,16). The van der Waals surface area contributed by atoms with Crippen molar-refractivity contribution in [2.75, 3.05) is 5.32 Å². The van der Waals surface area contributed by atoms with Gasteiger partial charge in [0.15, 0.2) is 5.69 Å². The number of nitrogens with zero attached hydrogens (tertiary/aromatic N) is 1. The van der Waals surface area contributed by atoms with Crippen LogP contribution in [0.15, 0.2) is 29.0 Å². The zero-order chi connectivity index (χ0) is 12.4. The van der Waals surface area contributed by atoms with Gasteiger partial charge in [-0.25, -0.2) is 0 Å². The maximum absolute atomic E-state index is 11.8. The molecule has 1 aromatic carbocycles. The van der Waals surface area contributed by atoms with Gasteiger partial charge >= 0.3 is 0 Å². The van der Waals surface area contributed by atoms with Crippen LogP contribution in [-0.4, -0.2) is 11.1 Å². The molecule has 6 heteroatoms. The lowest BCUT2D eigenvalue weighted by Gasteiger charge is -2.07. The molecule has 4 nitrogen and oxygen atoms in total. The minimum absolute atomic E-state index is 0.209. The molecule has 1 amide bonds. The normalized spacial score (nSPS) is 10.3. The number of carbonyl (C=O) groups excluding carboxylic acids is 1. The highest BCUT2D eigenvalue weighted by atomic mass is 35.5. The number of halogens is 2. The lowest BCUT2D eigenvalue weighted by atomic mass is 10.2. The second kappa shape index (κ2) is 4.77. The molecule has 0 fully saturated rings. The van der Waals surface area contributed by atoms with E-state index < -0.39 is 5.91 Å². The van der Waals surface area contributed by atoms with Crippen molar-refractivity contribution in [3.05, 3.63) is 45.8 Å². The van der Waals surface area contributed by atoms with Gasteiger partial charge in [0.2, 0.25) is 0 Å². The molecule has 0 saturated heterocycles. The lowest BCUT2D eigenvalue weighted by molar-refractivity contribution is 0.101. The highest BCUT2D eigenvalue weighted by molar-refractivity contribution is 6.40. The van der Waals surface area contributed by atoms with Crippen molar-refractivity contribution in [3.63, 3.8) is 0 Å². The van der Waals surface area contributed by atoms with E-state index in [9.17, 15) is 4.79 Å². The Morgan fingerprint density at radius 2 is 2.00 bits per heavy atom. The van der Waals surface area contributed by atoms with Crippen molar-refractivity contribution in [3.8, 4) is 0 Å². The number of rotatable bonds is 2. The molecule has 0 atom stereocenters. The average Bonchev–Trinajstić information content (AvgIpc) is 2.70. The molecule has 0 aliphatic carbocycles. The van der Waals surface area contributed by atoms with Gasteiger partial charge in [-0.15, -0.1) is 0 Å². The molecule has 0 saturated carbocycles. The fraction of sp³-hybridized carbons (Fsp3) is 0.0909. The smallest absolute Gasteiger partial charge is 0.278 e. The molecule has 1 aromatic heterocycles. The van der Waals surface area contributed by atoms with Gasteiger partial charge in [0, 0.05) is 5.56 Å². The van der Waals surface area contributed by atoms with E-state index in [0.717, 1.165) is 0 Å². The monoisotopic (exact) mass is 270 g/mol. The number of hydrogen-bond acceptors (Lipinski definition) is 3. The van der Waals surface area contributed by atoms with Crippen molar-refractivity contribution >= 4 is 34.8 Å². The van der Waals surface area contributed by atoms with Gasteiger partial charge in [-0.2, -0.15) is 0 Å². The van der Waals surface area contributed by atoms with Crippen molar-refractivity contribution in [2.24, 2.45) is 0 Å². The molecule has 0 unspecified atom stereocenters. The van der Waals surface area contributed by atoms with Crippen molar-refractivity contribution < 1.29 is 9.32 Å². The van der Waals surface area contributed by atoms with E-state index in [0.29, 0.717) is 21.3 Å². The summed E-state index contributed by atoms with van der Waals surface area (Å²) in [7, 11) is 0. The molecular formula is C11H8Cl2N2O2. The van der Waals surface area contributed by atoms with Crippen LogP contribution < -0.4 is 5.32 Å². The molecule has 0 aliphatic heterocycles. The fourth-order valence-corrected chi connectivity index (χ4v) is 1.79. The molecule has 88 valence electrons. The third-order valence-electron chi connectivity index (χ3n) is 2.16. The van der Waals surface area contributed by atoms with Crippen LogP contribution in [0.4, 0.5) is 5.69 Å². The van der Waals surface area contributed by atoms with E-state index in [1.807, 2.05) is 0 Å². The summed E-state index contributed by atoms with van der Waals surface area (Å²) in [5.74, 6) is -0.411. The molecule has 1 N–H and O–H groups in total. The molecule has 17 heavy (non-hydrogen) atoms. The maximum atomic E-state index is 11.8. The number of anilines is 1. The number of nitrogens with one attached hydrogen (secondary N) is 1. The molecule has 2 aromatic rings. The first-order chi connectivity index (χ1) is 8.09. The van der Waals surface area contributed by atoms with E-state index in [4.69, 9.17) is 23.2 Å². The zero-order valence-corrected chi connectivity index (χ0v) is 10.3. The molecule has 0 radical (unpaired) electrons. The Morgan fingerprint density at radius 3 is 2.53 bits per heavy atom. The number of hydrogen-bond donors (Lipinski definition) is 1. The predicted octanol–water partition coefficient (Wildman–Crippen LogP) is 3.54. The number of benzene rings is 1. The summed E-state index contributed by atoms with van der Waals surface area (Å²) >= 11 is 11.9. The number of aromatic nitrogens is 1. The highest BCUT2D eigenvalue weighted by Crippen LogP contribution is 2.30. The lowest BCUT2D eigenvalue weighted by Crippen LogP contribution is -2.14. The SMILES string of the molecule is Cc1conc1C(=O)Nc1c(Cl)cccc1Cl. The van der Waals surface area contributed by atoms with Gasteiger partial charge in [0.1, 0.15) is 6.26 Å². The van der Waals surface area contributed by atoms with Crippen molar-refractivity contribution in [2.45, 2.75) is 6.92 Å². The van der Waals surface area contributed by atoms with Gasteiger partial charge < -0.3 is 9.84 Å². The van der Waals surface area contributed by atoms with Gasteiger partial charge in [0.05, 0.1) is 15.7 Å². The first kappa shape index (κ1) is 12.0. The van der Waals surface area contributed by atoms with E-state index in [-0.39, 0.29) is 5.69 Å². The van der Waals surface area contributed by atoms with Gasteiger partial charge in [-0.3, -0.25) is 4.79 Å². The summed E-state index contributed by atoms with van der Waals surface area (Å²) < 4.78 is 4.69. The quantitative estimate of drug-likeness (QED) is 0.908. The van der Waals surface area contributed by atoms with E-state index in [1.54, 1.807) is 25.1 Å².